The molecule has 0 aliphatic heterocycles. The molecule has 0 saturated carbocycles. The predicted octanol–water partition coefficient (Wildman–Crippen LogP) is 2.43. The molecule has 114 valence electrons. The summed E-state index contributed by atoms with van der Waals surface area (Å²) in [6.07, 6.45) is 1.00. The first-order valence-electron chi connectivity index (χ1n) is 6.33. The molecule has 0 spiro atoms. The molecule has 5 nitrogen and oxygen atoms in total. The number of primary sulfonamides is 1. The quantitative estimate of drug-likeness (QED) is 0.746. The van der Waals surface area contributed by atoms with Crippen LogP contribution in [0, 0.1) is 5.92 Å². The van der Waals surface area contributed by atoms with Crippen LogP contribution < -0.4 is 9.88 Å². The summed E-state index contributed by atoms with van der Waals surface area (Å²) in [4.78, 5) is -0.0389. The summed E-state index contributed by atoms with van der Waals surface area (Å²) in [7, 11) is -3.75. The summed E-state index contributed by atoms with van der Waals surface area (Å²) >= 11 is 5.93. The maximum atomic E-state index is 11.1. The standard InChI is InChI=1S/C13H20ClNO4S/c1-10(2)5-6-18-7-8-19-13-4-3-11(9-12(13)14)20(15,16)17/h3-4,9-10H,5-8H2,1-2H3,(H2,15,16,17). The number of hydrogen-bond acceptors (Lipinski definition) is 4. The van der Waals surface area contributed by atoms with Gasteiger partial charge in [-0.05, 0) is 30.5 Å². The monoisotopic (exact) mass is 321 g/mol. The Morgan fingerprint density at radius 1 is 1.25 bits per heavy atom. The Morgan fingerprint density at radius 3 is 2.50 bits per heavy atom. The Labute approximate surface area is 125 Å². The van der Waals surface area contributed by atoms with E-state index >= 15 is 0 Å². The van der Waals surface area contributed by atoms with Crippen molar-refractivity contribution in [2.45, 2.75) is 25.2 Å². The van der Waals surface area contributed by atoms with Gasteiger partial charge in [0.15, 0.2) is 0 Å². The Balaban J connectivity index is 2.42. The smallest absolute Gasteiger partial charge is 0.238 e. The first-order chi connectivity index (χ1) is 9.30. The molecule has 0 heterocycles. The van der Waals surface area contributed by atoms with Gasteiger partial charge in [0.25, 0.3) is 0 Å². The Kier molecular flexibility index (Phi) is 6.75. The Bertz CT molecular complexity index is 531. The van der Waals surface area contributed by atoms with Crippen molar-refractivity contribution < 1.29 is 17.9 Å². The van der Waals surface area contributed by atoms with Gasteiger partial charge in [0.2, 0.25) is 10.0 Å². The molecule has 0 aromatic heterocycles. The van der Waals surface area contributed by atoms with Crippen LogP contribution in [0.25, 0.3) is 0 Å². The van der Waals surface area contributed by atoms with Crippen LogP contribution in [0.2, 0.25) is 5.02 Å². The van der Waals surface area contributed by atoms with Crippen molar-refractivity contribution in [1.29, 1.82) is 0 Å². The van der Waals surface area contributed by atoms with Crippen molar-refractivity contribution >= 4 is 21.6 Å². The van der Waals surface area contributed by atoms with Gasteiger partial charge in [-0.2, -0.15) is 0 Å². The van der Waals surface area contributed by atoms with Crippen molar-refractivity contribution in [1.82, 2.24) is 0 Å². The summed E-state index contributed by atoms with van der Waals surface area (Å²) in [6.45, 7) is 5.77. The SMILES string of the molecule is CC(C)CCOCCOc1ccc(S(N)(=O)=O)cc1Cl. The summed E-state index contributed by atoms with van der Waals surface area (Å²) in [6, 6.07) is 4.11. The van der Waals surface area contributed by atoms with Gasteiger partial charge in [-0.15, -0.1) is 0 Å². The fourth-order valence-electron chi connectivity index (χ4n) is 1.41. The Morgan fingerprint density at radius 2 is 1.95 bits per heavy atom. The second-order valence-electron chi connectivity index (χ2n) is 4.78. The Hall–Kier alpha value is -0.820. The van der Waals surface area contributed by atoms with Crippen LogP contribution in [0.5, 0.6) is 5.75 Å². The molecule has 7 heteroatoms. The van der Waals surface area contributed by atoms with E-state index in [4.69, 9.17) is 26.2 Å². The lowest BCUT2D eigenvalue weighted by Crippen LogP contribution is -2.12. The molecule has 0 radical (unpaired) electrons. The molecule has 0 unspecified atom stereocenters. The molecule has 0 aliphatic rings. The summed E-state index contributed by atoms with van der Waals surface area (Å²) in [5.41, 5.74) is 0. The zero-order valence-electron chi connectivity index (χ0n) is 11.6. The second kappa shape index (κ2) is 7.83. The van der Waals surface area contributed by atoms with Crippen LogP contribution in [-0.2, 0) is 14.8 Å². The van der Waals surface area contributed by atoms with Crippen LogP contribution in [0.1, 0.15) is 20.3 Å². The molecule has 0 atom stereocenters. The molecule has 1 aromatic rings. The maximum absolute atomic E-state index is 11.1. The zero-order valence-corrected chi connectivity index (χ0v) is 13.2. The minimum Gasteiger partial charge on any atom is -0.490 e. The topological polar surface area (TPSA) is 78.6 Å². The molecule has 0 saturated heterocycles. The predicted molar refractivity (Wildman–Crippen MR) is 78.6 cm³/mol. The average Bonchev–Trinajstić information content (AvgIpc) is 2.33. The number of ether oxygens (including phenoxy) is 2. The lowest BCUT2D eigenvalue weighted by atomic mass is 10.1. The molecule has 20 heavy (non-hydrogen) atoms. The van der Waals surface area contributed by atoms with Gasteiger partial charge in [-0.1, -0.05) is 25.4 Å². The molecular weight excluding hydrogens is 302 g/mol. The van der Waals surface area contributed by atoms with Crippen molar-refractivity contribution in [2.24, 2.45) is 11.1 Å². The molecule has 0 fully saturated rings. The first-order valence-corrected chi connectivity index (χ1v) is 8.26. The van der Waals surface area contributed by atoms with E-state index in [0.717, 1.165) is 6.42 Å². The minimum absolute atomic E-state index is 0.0389. The van der Waals surface area contributed by atoms with Crippen LogP contribution in [0.4, 0.5) is 0 Å². The molecule has 2 N–H and O–H groups in total. The lowest BCUT2D eigenvalue weighted by molar-refractivity contribution is 0.0926. The fourth-order valence-corrected chi connectivity index (χ4v) is 2.25. The highest BCUT2D eigenvalue weighted by Gasteiger charge is 2.11. The third kappa shape index (κ3) is 6.09. The number of sulfonamides is 1. The highest BCUT2D eigenvalue weighted by Crippen LogP contribution is 2.26. The van der Waals surface area contributed by atoms with Crippen molar-refractivity contribution in [3.63, 3.8) is 0 Å². The second-order valence-corrected chi connectivity index (χ2v) is 6.75. The minimum atomic E-state index is -3.75. The number of benzene rings is 1. The molecule has 0 amide bonds. The van der Waals surface area contributed by atoms with Gasteiger partial charge in [-0.3, -0.25) is 0 Å². The van der Waals surface area contributed by atoms with E-state index in [-0.39, 0.29) is 9.92 Å². The molecular formula is C13H20ClNO4S. The number of hydrogen-bond donors (Lipinski definition) is 1. The van der Waals surface area contributed by atoms with E-state index in [1.807, 2.05) is 0 Å². The van der Waals surface area contributed by atoms with Crippen molar-refractivity contribution in [3.8, 4) is 5.75 Å². The van der Waals surface area contributed by atoms with E-state index in [9.17, 15) is 8.42 Å². The van der Waals surface area contributed by atoms with Gasteiger partial charge in [-0.25, -0.2) is 13.6 Å². The van der Waals surface area contributed by atoms with E-state index < -0.39 is 10.0 Å². The number of rotatable bonds is 8. The first kappa shape index (κ1) is 17.2. The van der Waals surface area contributed by atoms with Crippen LogP contribution in [0.15, 0.2) is 23.1 Å². The summed E-state index contributed by atoms with van der Waals surface area (Å²) < 4.78 is 33.1. The summed E-state index contributed by atoms with van der Waals surface area (Å²) in [5.74, 6) is 1.02. The van der Waals surface area contributed by atoms with Gasteiger partial charge < -0.3 is 9.47 Å². The van der Waals surface area contributed by atoms with Crippen molar-refractivity contribution in [2.75, 3.05) is 19.8 Å². The van der Waals surface area contributed by atoms with E-state index in [1.54, 1.807) is 0 Å². The average molecular weight is 322 g/mol. The van der Waals surface area contributed by atoms with Gasteiger partial charge in [0.1, 0.15) is 12.4 Å². The van der Waals surface area contributed by atoms with Crippen LogP contribution >= 0.6 is 11.6 Å². The van der Waals surface area contributed by atoms with Crippen LogP contribution in [-0.4, -0.2) is 28.2 Å². The van der Waals surface area contributed by atoms with Gasteiger partial charge in [0, 0.05) is 6.61 Å². The largest absolute Gasteiger partial charge is 0.490 e. The van der Waals surface area contributed by atoms with E-state index in [2.05, 4.69) is 13.8 Å². The molecule has 1 aromatic carbocycles. The van der Waals surface area contributed by atoms with Gasteiger partial charge in [0.05, 0.1) is 16.5 Å². The maximum Gasteiger partial charge on any atom is 0.238 e. The number of halogens is 1. The van der Waals surface area contributed by atoms with E-state index in [1.165, 1.54) is 18.2 Å². The summed E-state index contributed by atoms with van der Waals surface area (Å²) in [5, 5.41) is 5.21. The molecule has 0 bridgehead atoms. The molecule has 1 rings (SSSR count). The van der Waals surface area contributed by atoms with Crippen LogP contribution in [0.3, 0.4) is 0 Å². The van der Waals surface area contributed by atoms with E-state index in [0.29, 0.717) is 31.5 Å². The zero-order chi connectivity index (χ0) is 15.2. The number of nitrogens with two attached hydrogens (primary N) is 1. The highest BCUT2D eigenvalue weighted by atomic mass is 35.5. The lowest BCUT2D eigenvalue weighted by Gasteiger charge is -2.10. The third-order valence-electron chi connectivity index (χ3n) is 2.56. The highest BCUT2D eigenvalue weighted by molar-refractivity contribution is 7.89. The third-order valence-corrected chi connectivity index (χ3v) is 3.76. The van der Waals surface area contributed by atoms with Crippen molar-refractivity contribution in [3.05, 3.63) is 23.2 Å². The van der Waals surface area contributed by atoms with Gasteiger partial charge >= 0.3 is 0 Å². The fraction of sp³-hybridized carbons (Fsp3) is 0.538. The normalized spacial score (nSPS) is 11.8. The molecule has 0 aliphatic carbocycles.